The Morgan fingerprint density at radius 2 is 2.28 bits per heavy atom. The summed E-state index contributed by atoms with van der Waals surface area (Å²) in [6.07, 6.45) is 3.86. The van der Waals surface area contributed by atoms with E-state index in [2.05, 4.69) is 28.2 Å². The lowest BCUT2D eigenvalue weighted by Gasteiger charge is -2.17. The minimum atomic E-state index is -0.0435. The molecule has 4 nitrogen and oxygen atoms in total. The highest BCUT2D eigenvalue weighted by molar-refractivity contribution is 9.10. The van der Waals surface area contributed by atoms with Crippen LogP contribution in [0.2, 0.25) is 0 Å². The fraction of sp³-hybridized carbons (Fsp3) is 0.615. The predicted octanol–water partition coefficient (Wildman–Crippen LogP) is 2.82. The number of rotatable bonds is 7. The molecule has 0 saturated heterocycles. The number of carbonyl (C=O) groups is 1. The molecule has 0 aromatic carbocycles. The molecular formula is C13H21BrN2O2. The maximum absolute atomic E-state index is 12.2. The number of methoxy groups -OCH3 is 1. The normalized spacial score (nSPS) is 12.4. The maximum Gasteiger partial charge on any atom is 0.268 e. The third-order valence-electron chi connectivity index (χ3n) is 2.78. The summed E-state index contributed by atoms with van der Waals surface area (Å²) < 4.78 is 7.97. The molecule has 1 aromatic rings. The van der Waals surface area contributed by atoms with Gasteiger partial charge in [-0.2, -0.15) is 0 Å². The first-order valence-electron chi connectivity index (χ1n) is 6.27. The summed E-state index contributed by atoms with van der Waals surface area (Å²) in [4.78, 5) is 12.2. The molecule has 1 N–H and O–H groups in total. The molecule has 1 rings (SSSR count). The van der Waals surface area contributed by atoms with Crippen molar-refractivity contribution in [1.82, 2.24) is 9.88 Å². The summed E-state index contributed by atoms with van der Waals surface area (Å²) in [5.74, 6) is -0.0435. The fourth-order valence-corrected chi connectivity index (χ4v) is 2.40. The number of hydrogen-bond acceptors (Lipinski definition) is 2. The van der Waals surface area contributed by atoms with Crippen LogP contribution in [0, 0.1) is 0 Å². The van der Waals surface area contributed by atoms with E-state index in [9.17, 15) is 4.79 Å². The van der Waals surface area contributed by atoms with Gasteiger partial charge in [-0.1, -0.05) is 13.3 Å². The van der Waals surface area contributed by atoms with Gasteiger partial charge in [-0.15, -0.1) is 0 Å². The molecule has 0 aliphatic heterocycles. The van der Waals surface area contributed by atoms with Crippen LogP contribution in [0.3, 0.4) is 0 Å². The van der Waals surface area contributed by atoms with E-state index < -0.39 is 0 Å². The van der Waals surface area contributed by atoms with E-state index in [1.807, 2.05) is 23.8 Å². The Hall–Kier alpha value is -0.810. The summed E-state index contributed by atoms with van der Waals surface area (Å²) in [6, 6.07) is 1.92. The molecule has 1 amide bonds. The largest absolute Gasteiger partial charge is 0.383 e. The van der Waals surface area contributed by atoms with E-state index >= 15 is 0 Å². The van der Waals surface area contributed by atoms with Crippen molar-refractivity contribution in [3.63, 3.8) is 0 Å². The predicted molar refractivity (Wildman–Crippen MR) is 75.8 cm³/mol. The average molecular weight is 317 g/mol. The van der Waals surface area contributed by atoms with Crippen molar-refractivity contribution in [3.8, 4) is 0 Å². The highest BCUT2D eigenvalue weighted by atomic mass is 79.9. The molecule has 0 bridgehead atoms. The van der Waals surface area contributed by atoms with E-state index in [0.717, 1.165) is 23.9 Å². The lowest BCUT2D eigenvalue weighted by atomic mass is 10.2. The quantitative estimate of drug-likeness (QED) is 0.840. The number of hydrogen-bond donors (Lipinski definition) is 1. The first-order valence-corrected chi connectivity index (χ1v) is 7.07. The molecular weight excluding hydrogens is 296 g/mol. The molecule has 0 saturated carbocycles. The van der Waals surface area contributed by atoms with Gasteiger partial charge in [0, 0.05) is 24.3 Å². The van der Waals surface area contributed by atoms with Crippen molar-refractivity contribution in [2.75, 3.05) is 13.7 Å². The number of ether oxygens (including phenoxy) is 1. The van der Waals surface area contributed by atoms with Crippen LogP contribution >= 0.6 is 15.9 Å². The molecule has 102 valence electrons. The monoisotopic (exact) mass is 316 g/mol. The van der Waals surface area contributed by atoms with Gasteiger partial charge in [0.2, 0.25) is 0 Å². The molecule has 18 heavy (non-hydrogen) atoms. The van der Waals surface area contributed by atoms with E-state index in [1.54, 1.807) is 7.11 Å². The second kappa shape index (κ2) is 7.59. The minimum absolute atomic E-state index is 0.0435. The fourth-order valence-electron chi connectivity index (χ4n) is 1.93. The van der Waals surface area contributed by atoms with Crippen molar-refractivity contribution >= 4 is 21.8 Å². The SMILES string of the molecule is CCCC(COC)NC(=O)c1cc(Br)cn1CC. The molecule has 0 spiro atoms. The molecule has 0 radical (unpaired) electrons. The number of halogens is 1. The summed E-state index contributed by atoms with van der Waals surface area (Å²) in [6.45, 7) is 5.44. The van der Waals surface area contributed by atoms with Crippen LogP contribution in [-0.2, 0) is 11.3 Å². The van der Waals surface area contributed by atoms with Crippen LogP contribution in [0.25, 0.3) is 0 Å². The topological polar surface area (TPSA) is 43.3 Å². The summed E-state index contributed by atoms with van der Waals surface area (Å²) in [5, 5.41) is 3.02. The number of aromatic nitrogens is 1. The van der Waals surface area contributed by atoms with Crippen molar-refractivity contribution in [3.05, 3.63) is 22.4 Å². The highest BCUT2D eigenvalue weighted by Gasteiger charge is 2.16. The van der Waals surface area contributed by atoms with Crippen LogP contribution in [0.4, 0.5) is 0 Å². The van der Waals surface area contributed by atoms with E-state index in [-0.39, 0.29) is 11.9 Å². The summed E-state index contributed by atoms with van der Waals surface area (Å²) in [7, 11) is 1.65. The van der Waals surface area contributed by atoms with E-state index in [0.29, 0.717) is 12.3 Å². The van der Waals surface area contributed by atoms with Crippen LogP contribution in [0.5, 0.6) is 0 Å². The van der Waals surface area contributed by atoms with Gasteiger partial charge in [0.25, 0.3) is 5.91 Å². The summed E-state index contributed by atoms with van der Waals surface area (Å²) in [5.41, 5.74) is 0.682. The molecule has 0 aliphatic rings. The summed E-state index contributed by atoms with van der Waals surface area (Å²) >= 11 is 3.39. The number of nitrogens with zero attached hydrogens (tertiary/aromatic N) is 1. The van der Waals surface area contributed by atoms with Gasteiger partial charge in [-0.3, -0.25) is 4.79 Å². The first kappa shape index (κ1) is 15.2. The van der Waals surface area contributed by atoms with Gasteiger partial charge >= 0.3 is 0 Å². The smallest absolute Gasteiger partial charge is 0.268 e. The van der Waals surface area contributed by atoms with Crippen LogP contribution in [0.1, 0.15) is 37.2 Å². The zero-order valence-corrected chi connectivity index (χ0v) is 12.8. The molecule has 5 heteroatoms. The lowest BCUT2D eigenvalue weighted by Crippen LogP contribution is -2.38. The highest BCUT2D eigenvalue weighted by Crippen LogP contribution is 2.15. The van der Waals surface area contributed by atoms with Gasteiger partial charge in [0.15, 0.2) is 0 Å². The maximum atomic E-state index is 12.2. The zero-order valence-electron chi connectivity index (χ0n) is 11.2. The standard InChI is InChI=1S/C13H21BrN2O2/c1-4-6-11(9-18-3)15-13(17)12-7-10(14)8-16(12)5-2/h7-8,11H,4-6,9H2,1-3H3,(H,15,17). The van der Waals surface area contributed by atoms with Gasteiger partial charge < -0.3 is 14.6 Å². The first-order chi connectivity index (χ1) is 8.62. The van der Waals surface area contributed by atoms with Crippen molar-refractivity contribution in [1.29, 1.82) is 0 Å². The third-order valence-corrected chi connectivity index (χ3v) is 3.21. The molecule has 1 aromatic heterocycles. The second-order valence-corrected chi connectivity index (χ2v) is 5.16. The van der Waals surface area contributed by atoms with Gasteiger partial charge in [0.05, 0.1) is 12.6 Å². The Bertz CT molecular complexity index is 384. The number of carbonyl (C=O) groups excluding carboxylic acids is 1. The minimum Gasteiger partial charge on any atom is -0.383 e. The second-order valence-electron chi connectivity index (χ2n) is 4.24. The number of nitrogens with one attached hydrogen (secondary N) is 1. The van der Waals surface area contributed by atoms with Crippen molar-refractivity contribution in [2.45, 2.75) is 39.3 Å². The Labute approximate surface area is 117 Å². The van der Waals surface area contributed by atoms with E-state index in [1.165, 1.54) is 0 Å². The van der Waals surface area contributed by atoms with Crippen LogP contribution in [0.15, 0.2) is 16.7 Å². The van der Waals surface area contributed by atoms with Crippen molar-refractivity contribution in [2.24, 2.45) is 0 Å². The van der Waals surface area contributed by atoms with Crippen molar-refractivity contribution < 1.29 is 9.53 Å². The zero-order chi connectivity index (χ0) is 13.5. The van der Waals surface area contributed by atoms with Gasteiger partial charge in [-0.05, 0) is 35.3 Å². The van der Waals surface area contributed by atoms with Gasteiger partial charge in [0.1, 0.15) is 5.69 Å². The molecule has 1 atom stereocenters. The third kappa shape index (κ3) is 4.14. The number of aryl methyl sites for hydroxylation is 1. The molecule has 0 fully saturated rings. The molecule has 1 heterocycles. The molecule has 0 aliphatic carbocycles. The Morgan fingerprint density at radius 3 is 2.83 bits per heavy atom. The lowest BCUT2D eigenvalue weighted by molar-refractivity contribution is 0.0882. The van der Waals surface area contributed by atoms with Crippen LogP contribution in [-0.4, -0.2) is 30.2 Å². The van der Waals surface area contributed by atoms with Crippen LogP contribution < -0.4 is 5.32 Å². The average Bonchev–Trinajstić information content (AvgIpc) is 2.71. The number of amides is 1. The Kier molecular flexibility index (Phi) is 6.43. The Morgan fingerprint density at radius 1 is 1.56 bits per heavy atom. The Balaban J connectivity index is 2.73. The van der Waals surface area contributed by atoms with Gasteiger partial charge in [-0.25, -0.2) is 0 Å². The molecule has 1 unspecified atom stereocenters. The van der Waals surface area contributed by atoms with E-state index in [4.69, 9.17) is 4.74 Å².